The molecule has 1 saturated heterocycles. The van der Waals surface area contributed by atoms with E-state index in [0.717, 1.165) is 32.8 Å². The van der Waals surface area contributed by atoms with Crippen LogP contribution in [0, 0.1) is 52.9 Å². The predicted molar refractivity (Wildman–Crippen MR) is 468 cm³/mol. The van der Waals surface area contributed by atoms with Gasteiger partial charge in [-0.25, -0.2) is 49.7 Å². The minimum Gasteiger partial charge on any atom is 1.00 e. The molecule has 10 rings (SSSR count). The summed E-state index contributed by atoms with van der Waals surface area (Å²) in [5, 5.41) is 30.7. The van der Waals surface area contributed by atoms with Gasteiger partial charge >= 0.3 is 73.8 Å². The van der Waals surface area contributed by atoms with Gasteiger partial charge in [0.2, 0.25) is 11.8 Å². The first-order chi connectivity index (χ1) is 56.9. The molecule has 38 nitrogen and oxygen atoms in total. The van der Waals surface area contributed by atoms with E-state index in [0.29, 0.717) is 130 Å². The molecule has 0 unspecified atom stereocenters. The molecule has 9 aromatic heterocycles. The first-order valence-corrected chi connectivity index (χ1v) is 39.5. The predicted octanol–water partition coefficient (Wildman–Crippen LogP) is 7.07. The number of hydrogen-bond acceptors (Lipinski definition) is 35. The number of H-pyrrole nitrogens is 1. The van der Waals surface area contributed by atoms with Crippen LogP contribution < -0.4 is 82.7 Å². The molecule has 1 radical (unpaired) electrons. The van der Waals surface area contributed by atoms with Crippen molar-refractivity contribution in [2.24, 2.45) is 31.2 Å². The number of nitriles is 1. The molecule has 10 heterocycles. The van der Waals surface area contributed by atoms with Gasteiger partial charge in [0.15, 0.2) is 12.6 Å². The second-order valence-electron chi connectivity index (χ2n) is 21.2. The molecule has 6 N–H and O–H groups in total. The van der Waals surface area contributed by atoms with Crippen molar-refractivity contribution >= 4 is 182 Å². The Bertz CT molecular complexity index is 5060. The van der Waals surface area contributed by atoms with Crippen LogP contribution in [0.25, 0.3) is 39.2 Å². The molecule has 0 spiro atoms. The number of fused-ring (bicyclic) bond motifs is 3. The number of thiol groups is 1. The molecule has 1 fully saturated rings. The number of aryl methyl sites for hydroxylation is 9. The van der Waals surface area contributed by atoms with Gasteiger partial charge in [-0.1, -0.05) is 46.4 Å². The van der Waals surface area contributed by atoms with E-state index in [1.165, 1.54) is 64.8 Å². The van der Waals surface area contributed by atoms with Crippen LogP contribution >= 0.6 is 98.7 Å². The van der Waals surface area contributed by atoms with E-state index in [9.17, 15) is 47.3 Å². The first kappa shape index (κ1) is 118. The number of aldehydes is 2. The van der Waals surface area contributed by atoms with Gasteiger partial charge in [0.25, 0.3) is 22.2 Å². The summed E-state index contributed by atoms with van der Waals surface area (Å²) in [5.41, 5.74) is 6.37. The van der Waals surface area contributed by atoms with Crippen molar-refractivity contribution in [1.82, 2.24) is 73.5 Å². The smallest absolute Gasteiger partial charge is 1.00 e. The molecule has 0 atom stereocenters. The van der Waals surface area contributed by atoms with E-state index in [-0.39, 0.29) is 98.8 Å². The van der Waals surface area contributed by atoms with Crippen molar-refractivity contribution in [3.05, 3.63) is 153 Å². The summed E-state index contributed by atoms with van der Waals surface area (Å²) in [6.07, 6.45) is 6.23. The fourth-order valence-electron chi connectivity index (χ4n) is 8.48. The van der Waals surface area contributed by atoms with Gasteiger partial charge in [0.05, 0.1) is 97.0 Å². The summed E-state index contributed by atoms with van der Waals surface area (Å²) in [4.78, 5) is 136. The van der Waals surface area contributed by atoms with Crippen molar-refractivity contribution in [2.75, 3.05) is 113 Å². The molecule has 1 aliphatic heterocycles. The molecular formula is C71H99BBr2Cl4FN20NaO18PS. The maximum absolute atomic E-state index is 11.8. The molecule has 9 aromatic rings. The van der Waals surface area contributed by atoms with Crippen LogP contribution in [0.1, 0.15) is 110 Å². The molecule has 0 aromatic carbocycles. The summed E-state index contributed by atoms with van der Waals surface area (Å²) < 4.78 is 69.6. The zero-order valence-corrected chi connectivity index (χ0v) is 80.4. The number of aromatic nitrogens is 15. The number of aromatic amines is 1. The summed E-state index contributed by atoms with van der Waals surface area (Å²) in [6.45, 7) is 21.6. The van der Waals surface area contributed by atoms with E-state index < -0.39 is 26.7 Å². The summed E-state index contributed by atoms with van der Waals surface area (Å²) >= 11 is 32.3. The summed E-state index contributed by atoms with van der Waals surface area (Å²) in [7, 11) is 14.7. The van der Waals surface area contributed by atoms with Gasteiger partial charge in [0, 0.05) is 74.6 Å². The number of aliphatic hydroxyl groups is 1. The third-order valence-electron chi connectivity index (χ3n) is 13.2. The van der Waals surface area contributed by atoms with Crippen molar-refractivity contribution in [1.29, 1.82) is 5.26 Å². The number of halogens is 7. The minimum absolute atomic E-state index is 0. The Morgan fingerprint density at radius 1 is 0.692 bits per heavy atom. The Morgan fingerprint density at radius 3 is 1.44 bits per heavy atom. The van der Waals surface area contributed by atoms with Crippen LogP contribution in [0.3, 0.4) is 0 Å². The molecule has 0 amide bonds. The molecule has 49 heteroatoms. The minimum atomic E-state index is -3.28. The Morgan fingerprint density at radius 2 is 1.06 bits per heavy atom. The van der Waals surface area contributed by atoms with Crippen LogP contribution in [0.15, 0.2) is 62.8 Å². The van der Waals surface area contributed by atoms with Crippen molar-refractivity contribution in [3.8, 4) is 17.8 Å². The van der Waals surface area contributed by atoms with Crippen LogP contribution in [-0.4, -0.2) is 213 Å². The fourth-order valence-corrected chi connectivity index (χ4v) is 12.0. The normalized spacial score (nSPS) is 10.3. The maximum atomic E-state index is 11.8. The van der Waals surface area contributed by atoms with Crippen LogP contribution in [0.4, 0.5) is 16.0 Å². The standard InChI is InChI=1S/C11H14ClN3O2.C10H10BrN3O2.C10H11N3O2.C9H8BrN3O2.C8H17O5P.C7H8ClN3O.C6H4Cl2N2O.C4H8O.C2H3N.CH3F.CH5N.CH4O.CH3O.BHNS.Na/c1-4-17-9(16)6-5-8-10(12)14-7(2)15-11(8)13-3;1-5-12-8-6(9(13-5)16-3)4-7(11)10(15)14(8)2;1-6-11-9-7(10(12-6)15-3)4-5-8(14)13(9)2;1-4-11-7-5(8(14)12-4)3-6(10)9(15)13(7)2;1-4-11-8(9)7-14(10,12-5-2)13-6-3;1-4-10-6(8)5(3-12)7(9-2)11-4;1-3-9-5(7)4(2-11)6(8)10-3;1-2-4-5-3-1;1-2-3;4*1-2;1-2-3;/h5-6H,4H2,1-3H3,(H,13,14,15);4H,1-3H3;4-5H,1-3H3;3H,1-2H3,(H,11,12,14);4-7H2,1-3H3;3H,1-2H3,(H,9,10,11);2H,1H3;1-4H2;1H3;1H3;2H2,1H3;2H,1H3;1H3;3H;/q;;;;;;;;;;;;-1;;+1/b6-5+;;;;;;;;;;;;;;/i;;;;;;;;;1D;;;;;. The van der Waals surface area contributed by atoms with Gasteiger partial charge in [-0.3, -0.25) is 56.2 Å². The quantitative estimate of drug-likeness (QED) is 0.0107. The Kier molecular flexibility index (Phi) is 67.4. The average Bonchev–Trinajstić information content (AvgIpc) is 1.07. The van der Waals surface area contributed by atoms with Gasteiger partial charge in [0.1, 0.15) is 90.3 Å². The molecule has 1 aliphatic rings. The Labute approximate surface area is 760 Å². The topological polar surface area (TPSA) is 520 Å². The Hall–Kier alpha value is -8.13. The molecular weight excluding hydrogens is 1840 g/mol. The number of esters is 2. The number of alkyl halides is 1. The van der Waals surface area contributed by atoms with Crippen molar-refractivity contribution < 1.29 is 102 Å². The van der Waals surface area contributed by atoms with Crippen molar-refractivity contribution in [2.45, 2.75) is 89.0 Å². The van der Waals surface area contributed by atoms with Crippen LogP contribution in [0.2, 0.25) is 20.6 Å². The molecule has 0 aliphatic carbocycles. The van der Waals surface area contributed by atoms with Crippen LogP contribution in [-0.2, 0) is 58.6 Å². The number of nitrogens with one attached hydrogen (secondary N) is 3. The number of pyridine rings is 3. The van der Waals surface area contributed by atoms with Crippen molar-refractivity contribution in [3.63, 3.8) is 0 Å². The SMILES string of the molecule is C1CCOC1.CC#N.CCOC(=O)/C=C/c1c(Cl)nc(C)nc1NC.CCOC(=O)CP(=O)(OCC)OCC.CN.CNc1nc(C)nc(Cl)c1C=O.CO.COc1nc(C)nc2c1cc(Br)c(=O)n2C.COc1nc(C)nc2c1ccc(=O)n2C.C[O-].Cc1nc(Cl)c(C=O)c(Cl)n1.Cc1nc2c(cc(Br)c(=O)n2C)c(=O)[nH]1.[2H]CF.[B]=NS.[Na+]. The number of anilines is 2. The number of carbonyl (C=O) groups is 4. The second-order valence-corrected chi connectivity index (χ2v) is 26.6. The Balaban J connectivity index is -0.000000417. The third kappa shape index (κ3) is 43.1. The molecule has 655 valence electrons. The van der Waals surface area contributed by atoms with Gasteiger partial charge in [-0.05, 0) is 145 Å². The van der Waals surface area contributed by atoms with E-state index in [1.807, 2.05) is 0 Å². The third-order valence-corrected chi connectivity index (χ3v) is 17.4. The maximum Gasteiger partial charge on any atom is 1.00 e. The number of ether oxygens (including phenoxy) is 5. The number of aliphatic hydroxyl groups excluding tert-OH is 1. The van der Waals surface area contributed by atoms with Gasteiger partial charge in [-0.15, -0.1) is 0 Å². The molecule has 120 heavy (non-hydrogen) atoms. The molecule has 0 bridgehead atoms. The number of carbonyl (C=O) groups excluding carboxylic acids is 4. The van der Waals surface area contributed by atoms with E-state index in [4.69, 9.17) is 91.2 Å². The monoisotopic (exact) mass is 1930 g/mol. The zero-order valence-electron chi connectivity index (χ0n) is 71.4. The number of nitrogens with zero attached hydrogens (tertiary/aromatic N) is 16. The second kappa shape index (κ2) is 68.4. The number of hydrogen-bond donors (Lipinski definition) is 6. The summed E-state index contributed by atoms with van der Waals surface area (Å²) in [5.74, 6) is 4.21. The van der Waals surface area contributed by atoms with Gasteiger partial charge < -0.3 is 64.3 Å². The first-order valence-electron chi connectivity index (χ1n) is 35.0. The van der Waals surface area contributed by atoms with E-state index in [2.05, 4.69) is 138 Å². The van der Waals surface area contributed by atoms with E-state index in [1.54, 1.807) is 137 Å². The van der Waals surface area contributed by atoms with E-state index >= 15 is 0 Å². The number of rotatable bonds is 16. The largest absolute Gasteiger partial charge is 1.00 e. The molecule has 0 saturated carbocycles. The number of nitrogens with two attached hydrogens (primary N) is 1. The van der Waals surface area contributed by atoms with Crippen LogP contribution in [0.5, 0.6) is 11.8 Å². The number of methoxy groups -OCH3 is 2. The zero-order chi connectivity index (χ0) is 93.1. The fraction of sp³-hybridized carbons (Fsp3) is 0.437. The average molecular weight is 1940 g/mol. The van der Waals surface area contributed by atoms with Gasteiger partial charge in [-0.2, -0.15) is 22.3 Å². The summed E-state index contributed by atoms with van der Waals surface area (Å²) in [6, 6.07) is 8.07.